The third-order valence-corrected chi connectivity index (χ3v) is 7.80. The third kappa shape index (κ3) is 30.7. The number of hydrogen-bond acceptors (Lipinski definition) is 2. The monoisotopic (exact) mass is 434 g/mol. The second kappa shape index (κ2) is 24.5. The molecule has 2 nitrogen and oxygen atoms in total. The Morgan fingerprint density at radius 3 is 1.39 bits per heavy atom. The van der Waals surface area contributed by atoms with E-state index in [9.17, 15) is 4.79 Å². The molecule has 0 aliphatic heterocycles. The normalized spacial score (nSPS) is 10.1. The zero-order valence-corrected chi connectivity index (χ0v) is 19.3. The van der Waals surface area contributed by atoms with Gasteiger partial charge in [-0.2, -0.15) is 0 Å². The molecule has 0 aromatic carbocycles. The molecule has 0 saturated carbocycles. The molecular formula is C20H42O2Sn. The fourth-order valence-corrected chi connectivity index (χ4v) is 5.96. The Balaban J connectivity index is 0. The van der Waals surface area contributed by atoms with Gasteiger partial charge in [-0.1, -0.05) is 0 Å². The molecule has 0 spiro atoms. The summed E-state index contributed by atoms with van der Waals surface area (Å²) in [5, 5.41) is 0. The van der Waals surface area contributed by atoms with E-state index in [0.29, 0.717) is 6.61 Å². The number of rotatable bonds is 15. The van der Waals surface area contributed by atoms with Crippen LogP contribution in [0.4, 0.5) is 0 Å². The standard InChI is InChI=1S/2C8H17.C4H8O2.Sn/c2*1-3-5-7-8-6-4-2;1-3-6-4(2)5;/h2*1,3-8H2,2H3;3H2,1-2H3;. The zero-order chi connectivity index (χ0) is 17.6. The first kappa shape index (κ1) is 25.5. The topological polar surface area (TPSA) is 26.3 Å². The summed E-state index contributed by atoms with van der Waals surface area (Å²) in [6.45, 7) is 8.25. The summed E-state index contributed by atoms with van der Waals surface area (Å²) in [4.78, 5) is 9.82. The summed E-state index contributed by atoms with van der Waals surface area (Å²) in [5.41, 5.74) is 0. The molecule has 138 valence electrons. The van der Waals surface area contributed by atoms with E-state index in [1.165, 1.54) is 71.1 Å². The van der Waals surface area contributed by atoms with Crippen molar-refractivity contribution < 1.29 is 9.53 Å². The van der Waals surface area contributed by atoms with Crippen molar-refractivity contribution in [3.63, 3.8) is 0 Å². The van der Waals surface area contributed by atoms with Crippen molar-refractivity contribution in [2.24, 2.45) is 0 Å². The molecule has 0 N–H and O–H groups in total. The van der Waals surface area contributed by atoms with E-state index in [2.05, 4.69) is 18.6 Å². The van der Waals surface area contributed by atoms with Crippen LogP contribution in [0.2, 0.25) is 8.87 Å². The van der Waals surface area contributed by atoms with E-state index in [0.717, 1.165) is 0 Å². The second-order valence-corrected chi connectivity index (χ2v) is 10.5. The van der Waals surface area contributed by atoms with Crippen molar-refractivity contribution in [1.29, 1.82) is 0 Å². The SMILES string of the molecule is CCCCCCC[CH2][Sn][CH2]CCCCCCC.CCOC(C)=O. The van der Waals surface area contributed by atoms with Gasteiger partial charge in [0.25, 0.3) is 0 Å². The van der Waals surface area contributed by atoms with Crippen molar-refractivity contribution in [2.75, 3.05) is 6.61 Å². The van der Waals surface area contributed by atoms with Gasteiger partial charge < -0.3 is 4.74 Å². The smallest absolute Gasteiger partial charge is 0.302 e. The number of esters is 1. The summed E-state index contributed by atoms with van der Waals surface area (Å²) in [5.74, 6) is -0.211. The molecule has 0 rings (SSSR count). The predicted molar refractivity (Wildman–Crippen MR) is 104 cm³/mol. The summed E-state index contributed by atoms with van der Waals surface area (Å²) >= 11 is 0.0736. The first-order valence-corrected chi connectivity index (χ1v) is 14.1. The van der Waals surface area contributed by atoms with Gasteiger partial charge in [-0.15, -0.1) is 0 Å². The Labute approximate surface area is 156 Å². The van der Waals surface area contributed by atoms with Crippen LogP contribution in [0, 0.1) is 0 Å². The molecule has 0 aromatic heterocycles. The van der Waals surface area contributed by atoms with Crippen molar-refractivity contribution >= 4 is 27.1 Å². The molecular weight excluding hydrogens is 391 g/mol. The number of ether oxygens (including phenoxy) is 1. The number of carbonyl (C=O) groups is 1. The van der Waals surface area contributed by atoms with Gasteiger partial charge >= 0.3 is 127 Å². The minimum absolute atomic E-state index is 0.0736. The maximum absolute atomic E-state index is 9.82. The van der Waals surface area contributed by atoms with Crippen LogP contribution in [0.5, 0.6) is 0 Å². The Kier molecular flexibility index (Phi) is 27.2. The molecule has 0 aliphatic rings. The van der Waals surface area contributed by atoms with E-state index < -0.39 is 0 Å². The van der Waals surface area contributed by atoms with Crippen molar-refractivity contribution in [2.45, 2.75) is 114 Å². The minimum atomic E-state index is -0.211. The molecule has 3 heteroatoms. The van der Waals surface area contributed by atoms with Gasteiger partial charge in [-0.25, -0.2) is 0 Å². The van der Waals surface area contributed by atoms with Crippen molar-refractivity contribution in [3.05, 3.63) is 0 Å². The van der Waals surface area contributed by atoms with E-state index >= 15 is 0 Å². The maximum Gasteiger partial charge on any atom is 0.302 e. The van der Waals surface area contributed by atoms with Gasteiger partial charge in [0.15, 0.2) is 0 Å². The van der Waals surface area contributed by atoms with Gasteiger partial charge in [0, 0.05) is 6.92 Å². The molecule has 0 heterocycles. The van der Waals surface area contributed by atoms with Crippen LogP contribution in [0.3, 0.4) is 0 Å². The van der Waals surface area contributed by atoms with E-state index in [1.807, 2.05) is 0 Å². The molecule has 23 heavy (non-hydrogen) atoms. The van der Waals surface area contributed by atoms with Gasteiger partial charge in [0.1, 0.15) is 0 Å². The van der Waals surface area contributed by atoms with Crippen LogP contribution in [0.15, 0.2) is 0 Å². The zero-order valence-electron chi connectivity index (χ0n) is 16.4. The largest absolute Gasteiger partial charge is 0.466 e. The summed E-state index contributed by atoms with van der Waals surface area (Å²) in [7, 11) is 0. The van der Waals surface area contributed by atoms with Crippen LogP contribution in [0.1, 0.15) is 105 Å². The van der Waals surface area contributed by atoms with E-state index in [1.54, 1.807) is 28.6 Å². The molecule has 0 saturated heterocycles. The van der Waals surface area contributed by atoms with E-state index in [4.69, 9.17) is 0 Å². The Morgan fingerprint density at radius 1 is 0.696 bits per heavy atom. The molecule has 0 bridgehead atoms. The molecule has 2 radical (unpaired) electrons. The van der Waals surface area contributed by atoms with E-state index in [-0.39, 0.29) is 27.1 Å². The average molecular weight is 433 g/mol. The van der Waals surface area contributed by atoms with Crippen LogP contribution >= 0.6 is 0 Å². The first-order chi connectivity index (χ1) is 11.2. The molecule has 0 fully saturated rings. The number of carbonyl (C=O) groups excluding carboxylic acids is 1. The first-order valence-electron chi connectivity index (χ1n) is 10.0. The molecule has 0 amide bonds. The third-order valence-electron chi connectivity index (χ3n) is 3.76. The van der Waals surface area contributed by atoms with Crippen molar-refractivity contribution in [3.8, 4) is 0 Å². The maximum atomic E-state index is 9.82. The fraction of sp³-hybridized carbons (Fsp3) is 0.950. The number of unbranched alkanes of at least 4 members (excludes halogenated alkanes) is 10. The van der Waals surface area contributed by atoms with Crippen molar-refractivity contribution in [1.82, 2.24) is 0 Å². The summed E-state index contributed by atoms with van der Waals surface area (Å²) in [6.07, 6.45) is 17.8. The quantitative estimate of drug-likeness (QED) is 0.161. The van der Waals surface area contributed by atoms with Crippen LogP contribution in [-0.4, -0.2) is 33.7 Å². The van der Waals surface area contributed by atoms with Gasteiger partial charge in [-0.05, 0) is 6.92 Å². The molecule has 0 atom stereocenters. The minimum Gasteiger partial charge on any atom is -0.466 e. The summed E-state index contributed by atoms with van der Waals surface area (Å²) in [6, 6.07) is 0. The Bertz CT molecular complexity index is 206. The molecule has 0 aliphatic carbocycles. The van der Waals surface area contributed by atoms with Crippen LogP contribution in [-0.2, 0) is 9.53 Å². The predicted octanol–water partition coefficient (Wildman–Crippen LogP) is 6.82. The van der Waals surface area contributed by atoms with Crippen LogP contribution < -0.4 is 0 Å². The van der Waals surface area contributed by atoms with Crippen LogP contribution in [0.25, 0.3) is 0 Å². The number of hydrogen-bond donors (Lipinski definition) is 0. The Morgan fingerprint density at radius 2 is 1.09 bits per heavy atom. The molecule has 0 aromatic rings. The summed E-state index contributed by atoms with van der Waals surface area (Å²) < 4.78 is 7.72. The average Bonchev–Trinajstić information content (AvgIpc) is 2.52. The Hall–Kier alpha value is 0.269. The molecule has 0 unspecified atom stereocenters. The second-order valence-electron chi connectivity index (χ2n) is 6.21. The van der Waals surface area contributed by atoms with Gasteiger partial charge in [-0.3, -0.25) is 4.79 Å². The fourth-order valence-electron chi connectivity index (χ4n) is 2.39. The van der Waals surface area contributed by atoms with Gasteiger partial charge in [0.05, 0.1) is 6.61 Å². The van der Waals surface area contributed by atoms with Gasteiger partial charge in [0.2, 0.25) is 0 Å².